The van der Waals surface area contributed by atoms with E-state index in [0.717, 1.165) is 19.3 Å². The molecule has 1 aromatic carbocycles. The van der Waals surface area contributed by atoms with Gasteiger partial charge in [0.1, 0.15) is 6.54 Å². The number of benzene rings is 1. The number of likely N-dealkylation sites (tertiary alicyclic amines) is 1. The van der Waals surface area contributed by atoms with Gasteiger partial charge in [0.25, 0.3) is 11.8 Å². The van der Waals surface area contributed by atoms with Crippen molar-refractivity contribution in [3.8, 4) is 17.2 Å². The third-order valence-corrected chi connectivity index (χ3v) is 5.67. The number of nitrogens with one attached hydrogen (secondary N) is 1. The summed E-state index contributed by atoms with van der Waals surface area (Å²) in [6.45, 7) is 11.9. The number of hydrogen-bond donors (Lipinski definition) is 1. The fraction of sp³-hybridized carbons (Fsp3) is 0.640. The summed E-state index contributed by atoms with van der Waals surface area (Å²) in [5.41, 5.74) is 0.253. The van der Waals surface area contributed by atoms with Crippen LogP contribution in [-0.2, 0) is 14.3 Å². The maximum absolute atomic E-state index is 12.8. The highest BCUT2D eigenvalue weighted by Gasteiger charge is 2.33. The molecule has 3 atom stereocenters. The minimum atomic E-state index is -0.924. The Bertz CT molecular complexity index is 821. The van der Waals surface area contributed by atoms with Crippen LogP contribution in [0.5, 0.6) is 17.2 Å². The van der Waals surface area contributed by atoms with E-state index in [-0.39, 0.29) is 30.1 Å². The number of nitrogens with zero attached hydrogens (tertiary/aromatic N) is 1. The lowest BCUT2D eigenvalue weighted by Crippen LogP contribution is -2.51. The lowest BCUT2D eigenvalue weighted by molar-refractivity contribution is -0.161. The quantitative estimate of drug-likeness (QED) is 0.487. The van der Waals surface area contributed by atoms with Gasteiger partial charge >= 0.3 is 5.97 Å². The zero-order valence-electron chi connectivity index (χ0n) is 21.1. The Morgan fingerprint density at radius 2 is 1.50 bits per heavy atom. The third-order valence-electron chi connectivity index (χ3n) is 5.67. The van der Waals surface area contributed by atoms with Gasteiger partial charge in [0.2, 0.25) is 5.75 Å². The van der Waals surface area contributed by atoms with Gasteiger partial charge in [0.15, 0.2) is 17.6 Å². The normalized spacial score (nSPS) is 18.6. The average Bonchev–Trinajstić information content (AvgIpc) is 2.79. The molecule has 0 aromatic heterocycles. The summed E-state index contributed by atoms with van der Waals surface area (Å²) < 4.78 is 22.2. The fourth-order valence-corrected chi connectivity index (χ4v) is 4.13. The van der Waals surface area contributed by atoms with Crippen molar-refractivity contribution < 1.29 is 33.3 Å². The molecule has 0 bridgehead atoms. The van der Waals surface area contributed by atoms with Gasteiger partial charge < -0.3 is 29.2 Å². The van der Waals surface area contributed by atoms with E-state index in [1.54, 1.807) is 24.0 Å². The molecule has 1 heterocycles. The highest BCUT2D eigenvalue weighted by molar-refractivity contribution is 5.97. The number of amides is 2. The molecule has 1 aliphatic heterocycles. The van der Waals surface area contributed by atoms with Crippen LogP contribution < -0.4 is 19.5 Å². The first-order chi connectivity index (χ1) is 16.2. The van der Waals surface area contributed by atoms with Gasteiger partial charge in [-0.1, -0.05) is 0 Å². The third kappa shape index (κ3) is 7.01. The molecule has 2 rings (SSSR count). The van der Waals surface area contributed by atoms with Crippen LogP contribution in [0.1, 0.15) is 71.2 Å². The second-order valence-corrected chi connectivity index (χ2v) is 8.29. The predicted molar refractivity (Wildman–Crippen MR) is 127 cm³/mol. The van der Waals surface area contributed by atoms with E-state index in [1.807, 2.05) is 34.6 Å². The molecular formula is C25H38N2O7. The average molecular weight is 479 g/mol. The number of carbonyl (C=O) groups excluding carboxylic acids is 3. The highest BCUT2D eigenvalue weighted by atomic mass is 16.6. The minimum Gasteiger partial charge on any atom is -0.490 e. The standard InChI is InChI=1S/C25H38N2O7/c1-7-31-20-13-19(14-21(32-8-2)23(20)33-9-3)24(29)26-15-22(28)34-18(6)25(30)27-16(4)11-10-12-17(27)5/h13-14,16-18H,7-12,15H2,1-6H3,(H,26,29). The van der Waals surface area contributed by atoms with Crippen molar-refractivity contribution in [1.29, 1.82) is 0 Å². The molecule has 34 heavy (non-hydrogen) atoms. The first-order valence-electron chi connectivity index (χ1n) is 12.1. The lowest BCUT2D eigenvalue weighted by atomic mass is 9.97. The number of ether oxygens (including phenoxy) is 4. The molecule has 2 amide bonds. The van der Waals surface area contributed by atoms with Crippen LogP contribution in [0.3, 0.4) is 0 Å². The smallest absolute Gasteiger partial charge is 0.326 e. The Labute approximate surface area is 202 Å². The monoisotopic (exact) mass is 478 g/mol. The molecule has 3 unspecified atom stereocenters. The van der Waals surface area contributed by atoms with Crippen LogP contribution in [0, 0.1) is 0 Å². The van der Waals surface area contributed by atoms with Crippen LogP contribution >= 0.6 is 0 Å². The van der Waals surface area contributed by atoms with Crippen molar-refractivity contribution in [2.24, 2.45) is 0 Å². The van der Waals surface area contributed by atoms with Crippen LogP contribution in [0.25, 0.3) is 0 Å². The Hall–Kier alpha value is -2.97. The summed E-state index contributed by atoms with van der Waals surface area (Å²) in [6, 6.07) is 3.30. The number of piperidine rings is 1. The molecule has 1 aliphatic rings. The summed E-state index contributed by atoms with van der Waals surface area (Å²) in [5, 5.41) is 2.54. The minimum absolute atomic E-state index is 0.107. The molecule has 1 fully saturated rings. The van der Waals surface area contributed by atoms with Crippen molar-refractivity contribution in [2.45, 2.75) is 79.0 Å². The lowest BCUT2D eigenvalue weighted by Gasteiger charge is -2.40. The summed E-state index contributed by atoms with van der Waals surface area (Å²) in [7, 11) is 0. The number of rotatable bonds is 11. The van der Waals surface area contributed by atoms with Crippen molar-refractivity contribution in [3.05, 3.63) is 17.7 Å². The van der Waals surface area contributed by atoms with Crippen molar-refractivity contribution >= 4 is 17.8 Å². The van der Waals surface area contributed by atoms with Crippen LogP contribution in [0.15, 0.2) is 12.1 Å². The fourth-order valence-electron chi connectivity index (χ4n) is 4.13. The van der Waals surface area contributed by atoms with Gasteiger partial charge in [-0.25, -0.2) is 0 Å². The van der Waals surface area contributed by atoms with Gasteiger partial charge in [-0.2, -0.15) is 0 Å². The molecular weight excluding hydrogens is 440 g/mol. The Morgan fingerprint density at radius 3 is 2.00 bits per heavy atom. The zero-order chi connectivity index (χ0) is 25.3. The van der Waals surface area contributed by atoms with E-state index >= 15 is 0 Å². The SMILES string of the molecule is CCOc1cc(C(=O)NCC(=O)OC(C)C(=O)N2C(C)CCCC2C)cc(OCC)c1OCC. The maximum atomic E-state index is 12.8. The first-order valence-corrected chi connectivity index (χ1v) is 12.1. The molecule has 9 heteroatoms. The summed E-state index contributed by atoms with van der Waals surface area (Å²) in [5.74, 6) is -0.213. The summed E-state index contributed by atoms with van der Waals surface area (Å²) >= 11 is 0. The van der Waals surface area contributed by atoms with E-state index < -0.39 is 18.0 Å². The molecule has 0 aliphatic carbocycles. The Morgan fingerprint density at radius 1 is 0.971 bits per heavy atom. The molecule has 1 N–H and O–H groups in total. The van der Waals surface area contributed by atoms with E-state index in [1.165, 1.54) is 0 Å². The summed E-state index contributed by atoms with van der Waals surface area (Å²) in [4.78, 5) is 39.7. The Balaban J connectivity index is 2.02. The highest BCUT2D eigenvalue weighted by Crippen LogP contribution is 2.39. The maximum Gasteiger partial charge on any atom is 0.326 e. The van der Waals surface area contributed by atoms with Gasteiger partial charge in [-0.3, -0.25) is 14.4 Å². The largest absolute Gasteiger partial charge is 0.490 e. The zero-order valence-corrected chi connectivity index (χ0v) is 21.1. The van der Waals surface area contributed by atoms with Crippen LogP contribution in [0.2, 0.25) is 0 Å². The van der Waals surface area contributed by atoms with Gasteiger partial charge in [0, 0.05) is 17.6 Å². The van der Waals surface area contributed by atoms with Crippen molar-refractivity contribution in [2.75, 3.05) is 26.4 Å². The predicted octanol–water partition coefficient (Wildman–Crippen LogP) is 3.33. The van der Waals surface area contributed by atoms with Crippen LogP contribution in [-0.4, -0.2) is 67.2 Å². The molecule has 0 radical (unpaired) electrons. The topological polar surface area (TPSA) is 103 Å². The number of carbonyl (C=O) groups is 3. The molecule has 9 nitrogen and oxygen atoms in total. The van der Waals surface area contributed by atoms with Crippen molar-refractivity contribution in [1.82, 2.24) is 10.2 Å². The summed E-state index contributed by atoms with van der Waals surface area (Å²) in [6.07, 6.45) is 2.02. The molecule has 0 saturated carbocycles. The molecule has 1 saturated heterocycles. The number of esters is 1. The van der Waals surface area contributed by atoms with E-state index in [9.17, 15) is 14.4 Å². The second-order valence-electron chi connectivity index (χ2n) is 8.29. The molecule has 1 aromatic rings. The van der Waals surface area contributed by atoms with Gasteiger partial charge in [-0.15, -0.1) is 0 Å². The van der Waals surface area contributed by atoms with Gasteiger partial charge in [0.05, 0.1) is 19.8 Å². The van der Waals surface area contributed by atoms with Crippen molar-refractivity contribution in [3.63, 3.8) is 0 Å². The van der Waals surface area contributed by atoms with E-state index in [4.69, 9.17) is 18.9 Å². The van der Waals surface area contributed by atoms with E-state index in [2.05, 4.69) is 5.32 Å². The van der Waals surface area contributed by atoms with E-state index in [0.29, 0.717) is 37.1 Å². The second kappa shape index (κ2) is 13.1. The first kappa shape index (κ1) is 27.3. The molecule has 190 valence electrons. The van der Waals surface area contributed by atoms with Crippen LogP contribution in [0.4, 0.5) is 0 Å². The number of hydrogen-bond acceptors (Lipinski definition) is 7. The molecule has 0 spiro atoms. The Kier molecular flexibility index (Phi) is 10.5. The van der Waals surface area contributed by atoms with Gasteiger partial charge in [-0.05, 0) is 72.9 Å².